The van der Waals surface area contributed by atoms with Gasteiger partial charge in [-0.1, -0.05) is 25.3 Å². The van der Waals surface area contributed by atoms with Gasteiger partial charge in [0.2, 0.25) is 0 Å². The van der Waals surface area contributed by atoms with Gasteiger partial charge >= 0.3 is 0 Å². The van der Waals surface area contributed by atoms with Crippen LogP contribution in [0.5, 0.6) is 0 Å². The summed E-state index contributed by atoms with van der Waals surface area (Å²) in [5.74, 6) is 1.15. The molecule has 0 amide bonds. The second-order valence-corrected chi connectivity index (χ2v) is 4.37. The van der Waals surface area contributed by atoms with Crippen molar-refractivity contribution in [1.82, 2.24) is 0 Å². The maximum absolute atomic E-state index is 11.4. The van der Waals surface area contributed by atoms with E-state index < -0.39 is 0 Å². The van der Waals surface area contributed by atoms with Gasteiger partial charge in [-0.25, -0.2) is 0 Å². The lowest BCUT2D eigenvalue weighted by Crippen LogP contribution is -2.05. The van der Waals surface area contributed by atoms with E-state index in [0.717, 1.165) is 30.8 Å². The summed E-state index contributed by atoms with van der Waals surface area (Å²) in [4.78, 5) is 11.4. The van der Waals surface area contributed by atoms with Gasteiger partial charge in [-0.2, -0.15) is 0 Å². The normalized spacial score (nSPS) is 28.6. The molecule has 72 valence electrons. The van der Waals surface area contributed by atoms with E-state index in [1.54, 1.807) is 0 Å². The Kier molecular flexibility index (Phi) is 2.82. The maximum atomic E-state index is 11.4. The molecule has 13 heavy (non-hydrogen) atoms. The van der Waals surface area contributed by atoms with Gasteiger partial charge in [0.15, 0.2) is 5.78 Å². The second kappa shape index (κ2) is 4.08. The van der Waals surface area contributed by atoms with Crippen molar-refractivity contribution < 1.29 is 4.79 Å². The highest BCUT2D eigenvalue weighted by molar-refractivity contribution is 5.97. The number of carbonyl (C=O) groups excluding carboxylic acids is 1. The lowest BCUT2D eigenvalue weighted by atomic mass is 9.87. The number of allylic oxidation sites excluding steroid dienone is 2. The van der Waals surface area contributed by atoms with Crippen molar-refractivity contribution in [2.75, 3.05) is 0 Å². The minimum absolute atomic E-state index is 0.422. The highest BCUT2D eigenvalue weighted by Gasteiger charge is 2.19. The van der Waals surface area contributed by atoms with Crippen LogP contribution in [0.15, 0.2) is 11.6 Å². The van der Waals surface area contributed by atoms with E-state index in [2.05, 4.69) is 6.08 Å². The minimum atomic E-state index is 0.422. The molecule has 0 aromatic heterocycles. The summed E-state index contributed by atoms with van der Waals surface area (Å²) in [6.07, 6.45) is 12.0. The highest BCUT2D eigenvalue weighted by atomic mass is 16.1. The molecule has 0 aliphatic heterocycles. The minimum Gasteiger partial charge on any atom is -0.295 e. The number of Topliss-reactive ketones (excluding diaryl/α,β-unsaturated/α-hetero) is 1. The monoisotopic (exact) mass is 178 g/mol. The average molecular weight is 178 g/mol. The molecule has 2 saturated carbocycles. The molecule has 1 heteroatoms. The van der Waals surface area contributed by atoms with Crippen molar-refractivity contribution in [3.63, 3.8) is 0 Å². The van der Waals surface area contributed by atoms with Crippen LogP contribution in [-0.2, 0) is 4.79 Å². The fourth-order valence-corrected chi connectivity index (χ4v) is 2.50. The molecule has 0 aromatic carbocycles. The zero-order valence-corrected chi connectivity index (χ0v) is 8.22. The van der Waals surface area contributed by atoms with Crippen LogP contribution in [0.1, 0.15) is 51.4 Å². The van der Waals surface area contributed by atoms with Crippen molar-refractivity contribution >= 4 is 5.78 Å². The largest absolute Gasteiger partial charge is 0.295 e. The lowest BCUT2D eigenvalue weighted by molar-refractivity contribution is -0.114. The molecular formula is C12H18O. The van der Waals surface area contributed by atoms with E-state index in [4.69, 9.17) is 0 Å². The average Bonchev–Trinajstić information content (AvgIpc) is 2.54. The Morgan fingerprint density at radius 2 is 1.77 bits per heavy atom. The van der Waals surface area contributed by atoms with Gasteiger partial charge in [0.05, 0.1) is 0 Å². The quantitative estimate of drug-likeness (QED) is 0.563. The summed E-state index contributed by atoms with van der Waals surface area (Å²) in [6, 6.07) is 0. The third-order valence-electron chi connectivity index (χ3n) is 3.29. The first-order valence-electron chi connectivity index (χ1n) is 5.60. The van der Waals surface area contributed by atoms with Crippen LogP contribution in [0.4, 0.5) is 0 Å². The third-order valence-corrected chi connectivity index (χ3v) is 3.29. The number of rotatable bonds is 1. The summed E-state index contributed by atoms with van der Waals surface area (Å²) < 4.78 is 0. The topological polar surface area (TPSA) is 17.1 Å². The summed E-state index contributed by atoms with van der Waals surface area (Å²) in [7, 11) is 0. The molecule has 0 radical (unpaired) electrons. The van der Waals surface area contributed by atoms with Crippen molar-refractivity contribution in [3.8, 4) is 0 Å². The Morgan fingerprint density at radius 3 is 2.38 bits per heavy atom. The Morgan fingerprint density at radius 1 is 1.00 bits per heavy atom. The zero-order chi connectivity index (χ0) is 9.10. The summed E-state index contributed by atoms with van der Waals surface area (Å²) in [5, 5.41) is 0. The van der Waals surface area contributed by atoms with Gasteiger partial charge in [0, 0.05) is 6.42 Å². The van der Waals surface area contributed by atoms with Gasteiger partial charge in [-0.05, 0) is 37.2 Å². The fourth-order valence-electron chi connectivity index (χ4n) is 2.50. The third kappa shape index (κ3) is 2.20. The van der Waals surface area contributed by atoms with Crippen molar-refractivity contribution in [1.29, 1.82) is 0 Å². The molecule has 0 atom stereocenters. The predicted octanol–water partition coefficient (Wildman–Crippen LogP) is 3.25. The molecule has 2 aliphatic carbocycles. The van der Waals surface area contributed by atoms with Gasteiger partial charge in [0.1, 0.15) is 0 Å². The van der Waals surface area contributed by atoms with Crippen molar-refractivity contribution in [3.05, 3.63) is 11.6 Å². The predicted molar refractivity (Wildman–Crippen MR) is 53.5 cm³/mol. The fraction of sp³-hybridized carbons (Fsp3) is 0.750. The van der Waals surface area contributed by atoms with Crippen LogP contribution in [0.3, 0.4) is 0 Å². The van der Waals surface area contributed by atoms with Crippen LogP contribution in [0, 0.1) is 5.92 Å². The SMILES string of the molecule is O=C1CCCC1=CC1CCCCC1. The Balaban J connectivity index is 1.96. The molecule has 0 saturated heterocycles. The van der Waals surface area contributed by atoms with Crippen LogP contribution in [0.25, 0.3) is 0 Å². The van der Waals surface area contributed by atoms with E-state index in [9.17, 15) is 4.79 Å². The molecule has 2 fully saturated rings. The van der Waals surface area contributed by atoms with Gasteiger partial charge in [-0.15, -0.1) is 0 Å². The Bertz CT molecular complexity index is 221. The van der Waals surface area contributed by atoms with Gasteiger partial charge in [-0.3, -0.25) is 4.79 Å². The first-order chi connectivity index (χ1) is 6.36. The maximum Gasteiger partial charge on any atom is 0.158 e. The van der Waals surface area contributed by atoms with Gasteiger partial charge < -0.3 is 0 Å². The Labute approximate surface area is 80.2 Å². The smallest absolute Gasteiger partial charge is 0.158 e. The van der Waals surface area contributed by atoms with Crippen LogP contribution >= 0.6 is 0 Å². The lowest BCUT2D eigenvalue weighted by Gasteiger charge is -2.18. The number of hydrogen-bond donors (Lipinski definition) is 0. The number of carbonyl (C=O) groups is 1. The van der Waals surface area contributed by atoms with E-state index in [1.807, 2.05) is 0 Å². The summed E-state index contributed by atoms with van der Waals surface area (Å²) in [5.41, 5.74) is 1.15. The van der Waals surface area contributed by atoms with Gasteiger partial charge in [0.25, 0.3) is 0 Å². The van der Waals surface area contributed by atoms with Crippen LogP contribution < -0.4 is 0 Å². The molecule has 0 N–H and O–H groups in total. The number of ketones is 1. The van der Waals surface area contributed by atoms with E-state index in [1.165, 1.54) is 32.1 Å². The standard InChI is InChI=1S/C12H18O/c13-12-8-4-7-11(12)9-10-5-2-1-3-6-10/h9-10H,1-8H2. The zero-order valence-electron chi connectivity index (χ0n) is 8.22. The van der Waals surface area contributed by atoms with Crippen LogP contribution in [0.2, 0.25) is 0 Å². The first kappa shape index (κ1) is 8.98. The molecule has 0 aromatic rings. The summed E-state index contributed by atoms with van der Waals surface area (Å²) >= 11 is 0. The second-order valence-electron chi connectivity index (χ2n) is 4.37. The molecule has 2 aliphatic rings. The Hall–Kier alpha value is -0.590. The van der Waals surface area contributed by atoms with Crippen molar-refractivity contribution in [2.24, 2.45) is 5.92 Å². The molecule has 1 nitrogen and oxygen atoms in total. The van der Waals surface area contributed by atoms with Crippen LogP contribution in [-0.4, -0.2) is 5.78 Å². The molecule has 2 rings (SSSR count). The van der Waals surface area contributed by atoms with E-state index >= 15 is 0 Å². The molecule has 0 unspecified atom stereocenters. The van der Waals surface area contributed by atoms with Crippen molar-refractivity contribution in [2.45, 2.75) is 51.4 Å². The molecule has 0 bridgehead atoms. The molecule has 0 heterocycles. The number of hydrogen-bond acceptors (Lipinski definition) is 1. The summed E-state index contributed by atoms with van der Waals surface area (Å²) in [6.45, 7) is 0. The highest BCUT2D eigenvalue weighted by Crippen LogP contribution is 2.29. The van der Waals surface area contributed by atoms with E-state index in [0.29, 0.717) is 5.78 Å². The molecule has 0 spiro atoms. The molecular weight excluding hydrogens is 160 g/mol. The first-order valence-corrected chi connectivity index (χ1v) is 5.60. The van der Waals surface area contributed by atoms with E-state index in [-0.39, 0.29) is 0 Å².